The number of imidazole rings is 1. The van der Waals surface area contributed by atoms with E-state index in [-0.39, 0.29) is 0 Å². The quantitative estimate of drug-likeness (QED) is 0.217. The van der Waals surface area contributed by atoms with Gasteiger partial charge in [-0.2, -0.15) is 0 Å². The molecule has 2 heteroatoms. The maximum absolute atomic E-state index is 5.16. The van der Waals surface area contributed by atoms with Crippen LogP contribution in [0.3, 0.4) is 0 Å². The third kappa shape index (κ3) is 2.14. The standard InChI is InChI=1S/C33H20N2/c1-3-9-21-19(7-1)17-26-23(21)13-14-25-31(26)32-27-18-20-8-2-4-10-22(20)24(27)15-16-30(32)35-29-12-6-5-11-28(29)34-33(25)35/h1-16H,17-18H2. The molecule has 162 valence electrons. The molecule has 7 aromatic rings. The minimum absolute atomic E-state index is 0.977. The summed E-state index contributed by atoms with van der Waals surface area (Å²) >= 11 is 0. The van der Waals surface area contributed by atoms with Crippen LogP contribution in [0.25, 0.3) is 60.6 Å². The van der Waals surface area contributed by atoms with E-state index in [2.05, 4.69) is 101 Å². The largest absolute Gasteiger partial charge is 0.292 e. The van der Waals surface area contributed by atoms with Crippen molar-refractivity contribution in [1.29, 1.82) is 0 Å². The van der Waals surface area contributed by atoms with Gasteiger partial charge in [0.1, 0.15) is 5.65 Å². The first-order valence-electron chi connectivity index (χ1n) is 12.3. The maximum Gasteiger partial charge on any atom is 0.146 e. The van der Waals surface area contributed by atoms with Gasteiger partial charge < -0.3 is 0 Å². The van der Waals surface area contributed by atoms with Crippen LogP contribution in [0, 0.1) is 0 Å². The Bertz CT molecular complexity index is 2060. The molecule has 0 spiro atoms. The fraction of sp³-hybridized carbons (Fsp3) is 0.0606. The number of pyridine rings is 1. The summed E-state index contributed by atoms with van der Waals surface area (Å²) in [4.78, 5) is 5.16. The van der Waals surface area contributed by atoms with Gasteiger partial charge in [0.15, 0.2) is 0 Å². The molecule has 0 unspecified atom stereocenters. The van der Waals surface area contributed by atoms with Crippen molar-refractivity contribution in [2.75, 3.05) is 0 Å². The molecular formula is C33H20N2. The molecule has 0 aliphatic heterocycles. The summed E-state index contributed by atoms with van der Waals surface area (Å²) < 4.78 is 2.39. The zero-order valence-electron chi connectivity index (χ0n) is 19.0. The second kappa shape index (κ2) is 6.17. The van der Waals surface area contributed by atoms with Gasteiger partial charge >= 0.3 is 0 Å². The van der Waals surface area contributed by atoms with Gasteiger partial charge in [-0.25, -0.2) is 4.98 Å². The highest BCUT2D eigenvalue weighted by molar-refractivity contribution is 6.19. The summed E-state index contributed by atoms with van der Waals surface area (Å²) in [6.45, 7) is 0. The SMILES string of the molecule is c1ccc2c(c1)Cc1c-2ccc2c1c1c3c(ccc1n1c4ccccc4nc21)-c1ccccc1C3. The summed E-state index contributed by atoms with van der Waals surface area (Å²) in [5, 5.41) is 4.04. The van der Waals surface area contributed by atoms with E-state index < -0.39 is 0 Å². The highest BCUT2D eigenvalue weighted by Crippen LogP contribution is 2.48. The van der Waals surface area contributed by atoms with E-state index in [1.165, 1.54) is 71.7 Å². The summed E-state index contributed by atoms with van der Waals surface area (Å²) in [6, 6.07) is 35.6. The average molecular weight is 445 g/mol. The summed E-state index contributed by atoms with van der Waals surface area (Å²) in [6.07, 6.45) is 1.96. The van der Waals surface area contributed by atoms with E-state index in [1.807, 2.05) is 0 Å². The lowest BCUT2D eigenvalue weighted by atomic mass is 9.92. The first kappa shape index (κ1) is 18.0. The van der Waals surface area contributed by atoms with Crippen LogP contribution in [0.2, 0.25) is 0 Å². The zero-order chi connectivity index (χ0) is 22.7. The van der Waals surface area contributed by atoms with Crippen LogP contribution in [0.1, 0.15) is 22.3 Å². The third-order valence-corrected chi connectivity index (χ3v) is 8.25. The molecule has 2 aliphatic carbocycles. The minimum Gasteiger partial charge on any atom is -0.292 e. The lowest BCUT2D eigenvalue weighted by Gasteiger charge is -2.16. The number of nitrogens with zero attached hydrogens (tertiary/aromatic N) is 2. The first-order valence-corrected chi connectivity index (χ1v) is 12.3. The second-order valence-electron chi connectivity index (χ2n) is 9.93. The molecule has 2 aliphatic rings. The van der Waals surface area contributed by atoms with Crippen molar-refractivity contribution < 1.29 is 0 Å². The monoisotopic (exact) mass is 444 g/mol. The average Bonchev–Trinajstić information content (AvgIpc) is 3.59. The number of rotatable bonds is 0. The molecular weight excluding hydrogens is 424 g/mol. The highest BCUT2D eigenvalue weighted by atomic mass is 15.0. The van der Waals surface area contributed by atoms with E-state index >= 15 is 0 Å². The molecule has 0 saturated carbocycles. The topological polar surface area (TPSA) is 17.3 Å². The molecule has 35 heavy (non-hydrogen) atoms. The molecule has 0 saturated heterocycles. The van der Waals surface area contributed by atoms with E-state index in [9.17, 15) is 0 Å². The van der Waals surface area contributed by atoms with Crippen LogP contribution in [0.4, 0.5) is 0 Å². The predicted octanol–water partition coefficient (Wildman–Crippen LogP) is 7.94. The van der Waals surface area contributed by atoms with Gasteiger partial charge in [-0.05, 0) is 87.0 Å². The summed E-state index contributed by atoms with van der Waals surface area (Å²) in [5.41, 5.74) is 15.8. The molecule has 5 aromatic carbocycles. The Morgan fingerprint density at radius 1 is 0.514 bits per heavy atom. The normalized spacial score (nSPS) is 13.5. The Kier molecular flexibility index (Phi) is 3.16. The van der Waals surface area contributed by atoms with Gasteiger partial charge in [0, 0.05) is 10.8 Å². The number of para-hydroxylation sites is 2. The molecule has 2 nitrogen and oxygen atoms in total. The molecule has 0 bridgehead atoms. The minimum atomic E-state index is 0.977. The predicted molar refractivity (Wildman–Crippen MR) is 144 cm³/mol. The van der Waals surface area contributed by atoms with Crippen LogP contribution >= 0.6 is 0 Å². The smallest absolute Gasteiger partial charge is 0.146 e. The van der Waals surface area contributed by atoms with Gasteiger partial charge in [-0.3, -0.25) is 4.40 Å². The number of fused-ring (bicyclic) bond motifs is 16. The Balaban J connectivity index is 1.55. The molecule has 2 aromatic heterocycles. The van der Waals surface area contributed by atoms with Gasteiger partial charge in [0.25, 0.3) is 0 Å². The molecule has 0 fully saturated rings. The number of benzene rings is 5. The van der Waals surface area contributed by atoms with Crippen molar-refractivity contribution >= 4 is 38.4 Å². The van der Waals surface area contributed by atoms with E-state index in [0.717, 1.165) is 24.0 Å². The number of hydrogen-bond donors (Lipinski definition) is 0. The lowest BCUT2D eigenvalue weighted by Crippen LogP contribution is -1.97. The fourth-order valence-electron chi connectivity index (χ4n) is 6.80. The Morgan fingerprint density at radius 3 is 1.91 bits per heavy atom. The molecule has 9 rings (SSSR count). The van der Waals surface area contributed by atoms with Crippen molar-refractivity contribution in [2.45, 2.75) is 12.8 Å². The van der Waals surface area contributed by atoms with Gasteiger partial charge in [0.2, 0.25) is 0 Å². The molecule has 0 amide bonds. The fourth-order valence-corrected chi connectivity index (χ4v) is 6.80. The van der Waals surface area contributed by atoms with Crippen molar-refractivity contribution in [1.82, 2.24) is 9.38 Å². The zero-order valence-corrected chi connectivity index (χ0v) is 19.0. The summed E-state index contributed by atoms with van der Waals surface area (Å²) in [5.74, 6) is 0. The molecule has 0 radical (unpaired) electrons. The van der Waals surface area contributed by atoms with Crippen molar-refractivity contribution in [3.63, 3.8) is 0 Å². The van der Waals surface area contributed by atoms with Crippen LogP contribution in [0.5, 0.6) is 0 Å². The number of hydrogen-bond acceptors (Lipinski definition) is 1. The Labute approximate surface area is 202 Å². The second-order valence-corrected chi connectivity index (χ2v) is 9.93. The van der Waals surface area contributed by atoms with Crippen LogP contribution in [-0.2, 0) is 12.8 Å². The Hall–Kier alpha value is -4.43. The summed E-state index contributed by atoms with van der Waals surface area (Å²) in [7, 11) is 0. The van der Waals surface area contributed by atoms with Crippen molar-refractivity contribution in [3.05, 3.63) is 119 Å². The van der Waals surface area contributed by atoms with Gasteiger partial charge in [-0.1, -0.05) is 72.8 Å². The number of aromatic nitrogens is 2. The third-order valence-electron chi connectivity index (χ3n) is 8.25. The molecule has 0 atom stereocenters. The van der Waals surface area contributed by atoms with Crippen LogP contribution in [0.15, 0.2) is 97.1 Å². The maximum atomic E-state index is 5.16. The van der Waals surface area contributed by atoms with E-state index in [4.69, 9.17) is 4.98 Å². The molecule has 0 N–H and O–H groups in total. The van der Waals surface area contributed by atoms with Crippen molar-refractivity contribution in [3.8, 4) is 22.3 Å². The van der Waals surface area contributed by atoms with E-state index in [1.54, 1.807) is 0 Å². The van der Waals surface area contributed by atoms with Gasteiger partial charge in [-0.15, -0.1) is 0 Å². The van der Waals surface area contributed by atoms with E-state index in [0.29, 0.717) is 0 Å². The van der Waals surface area contributed by atoms with Crippen LogP contribution in [-0.4, -0.2) is 9.38 Å². The lowest BCUT2D eigenvalue weighted by molar-refractivity contribution is 1.26. The Morgan fingerprint density at radius 2 is 1.14 bits per heavy atom. The van der Waals surface area contributed by atoms with Crippen LogP contribution < -0.4 is 0 Å². The molecule has 2 heterocycles. The van der Waals surface area contributed by atoms with Crippen molar-refractivity contribution in [2.24, 2.45) is 0 Å². The highest BCUT2D eigenvalue weighted by Gasteiger charge is 2.28. The van der Waals surface area contributed by atoms with Gasteiger partial charge in [0.05, 0.1) is 16.6 Å². The first-order chi connectivity index (χ1) is 17.4.